The van der Waals surface area contributed by atoms with Crippen LogP contribution in [0.2, 0.25) is 0 Å². The molecule has 1 amide bonds. The van der Waals surface area contributed by atoms with Crippen LogP contribution in [0.5, 0.6) is 0 Å². The number of ether oxygens (including phenoxy) is 1. The van der Waals surface area contributed by atoms with Crippen molar-refractivity contribution in [3.05, 3.63) is 0 Å². The SMILES string of the molecule is CC[C@H]1C[C@@H](C)N(C(=O)OC(C)(C)C)C1. The normalized spacial score (nSPS) is 26.9. The van der Waals surface area contributed by atoms with E-state index in [9.17, 15) is 4.79 Å². The van der Waals surface area contributed by atoms with Crippen molar-refractivity contribution in [3.63, 3.8) is 0 Å². The zero-order valence-electron chi connectivity index (χ0n) is 10.5. The van der Waals surface area contributed by atoms with E-state index >= 15 is 0 Å². The number of hydrogen-bond acceptors (Lipinski definition) is 2. The average molecular weight is 213 g/mol. The summed E-state index contributed by atoms with van der Waals surface area (Å²) in [5, 5.41) is 0. The molecule has 0 radical (unpaired) electrons. The van der Waals surface area contributed by atoms with E-state index < -0.39 is 0 Å². The number of nitrogens with zero attached hydrogens (tertiary/aromatic N) is 1. The van der Waals surface area contributed by atoms with E-state index in [-0.39, 0.29) is 11.7 Å². The van der Waals surface area contributed by atoms with Crippen LogP contribution in [-0.2, 0) is 4.74 Å². The number of rotatable bonds is 1. The Morgan fingerprint density at radius 2 is 2.07 bits per heavy atom. The number of likely N-dealkylation sites (tertiary alicyclic amines) is 1. The molecule has 1 heterocycles. The highest BCUT2D eigenvalue weighted by molar-refractivity contribution is 5.68. The Morgan fingerprint density at radius 1 is 1.47 bits per heavy atom. The molecule has 1 rings (SSSR count). The summed E-state index contributed by atoms with van der Waals surface area (Å²) in [6.45, 7) is 10.8. The summed E-state index contributed by atoms with van der Waals surface area (Å²) >= 11 is 0. The summed E-state index contributed by atoms with van der Waals surface area (Å²) in [5.41, 5.74) is -0.388. The predicted molar refractivity (Wildman–Crippen MR) is 60.8 cm³/mol. The number of hydrogen-bond donors (Lipinski definition) is 0. The molecule has 1 saturated heterocycles. The van der Waals surface area contributed by atoms with Crippen molar-refractivity contribution in [2.24, 2.45) is 5.92 Å². The van der Waals surface area contributed by atoms with Gasteiger partial charge in [-0.3, -0.25) is 0 Å². The van der Waals surface area contributed by atoms with E-state index in [0.29, 0.717) is 12.0 Å². The lowest BCUT2D eigenvalue weighted by molar-refractivity contribution is 0.0233. The Kier molecular flexibility index (Phi) is 3.63. The highest BCUT2D eigenvalue weighted by Gasteiger charge is 2.33. The zero-order valence-corrected chi connectivity index (χ0v) is 10.5. The minimum absolute atomic E-state index is 0.161. The fourth-order valence-electron chi connectivity index (χ4n) is 2.01. The number of carbonyl (C=O) groups is 1. The molecule has 1 aliphatic heterocycles. The van der Waals surface area contributed by atoms with Crippen LogP contribution in [0.4, 0.5) is 4.79 Å². The van der Waals surface area contributed by atoms with Crippen molar-refractivity contribution in [2.75, 3.05) is 6.54 Å². The molecule has 0 N–H and O–H groups in total. The number of carbonyl (C=O) groups excluding carboxylic acids is 1. The summed E-state index contributed by atoms with van der Waals surface area (Å²) in [4.78, 5) is 13.7. The standard InChI is InChI=1S/C12H23NO2/c1-6-10-7-9(2)13(8-10)11(14)15-12(3,4)5/h9-10H,6-8H2,1-5H3/t9-,10+/m1/s1. The first-order valence-corrected chi connectivity index (χ1v) is 5.83. The molecule has 0 unspecified atom stereocenters. The largest absolute Gasteiger partial charge is 0.444 e. The maximum absolute atomic E-state index is 11.8. The molecule has 0 bridgehead atoms. The second-order valence-electron chi connectivity index (χ2n) is 5.49. The Balaban J connectivity index is 2.54. The molecular formula is C12H23NO2. The molecule has 0 aromatic rings. The Hall–Kier alpha value is -0.730. The molecular weight excluding hydrogens is 190 g/mol. The molecule has 1 aliphatic rings. The molecule has 0 saturated carbocycles. The molecule has 0 aromatic carbocycles. The van der Waals surface area contributed by atoms with Gasteiger partial charge in [-0.1, -0.05) is 13.3 Å². The first-order valence-electron chi connectivity index (χ1n) is 5.83. The molecule has 15 heavy (non-hydrogen) atoms. The van der Waals surface area contributed by atoms with Crippen LogP contribution in [0.1, 0.15) is 47.5 Å². The van der Waals surface area contributed by atoms with Crippen LogP contribution in [0, 0.1) is 5.92 Å². The Morgan fingerprint density at radius 3 is 2.47 bits per heavy atom. The Bertz CT molecular complexity index is 232. The molecule has 3 nitrogen and oxygen atoms in total. The monoisotopic (exact) mass is 213 g/mol. The van der Waals surface area contributed by atoms with E-state index in [1.54, 1.807) is 0 Å². The van der Waals surface area contributed by atoms with Crippen molar-refractivity contribution in [1.29, 1.82) is 0 Å². The van der Waals surface area contributed by atoms with Crippen LogP contribution in [0.3, 0.4) is 0 Å². The minimum Gasteiger partial charge on any atom is -0.444 e. The van der Waals surface area contributed by atoms with Gasteiger partial charge in [0.05, 0.1) is 0 Å². The molecule has 3 heteroatoms. The first-order chi connectivity index (χ1) is 6.83. The molecule has 88 valence electrons. The van der Waals surface area contributed by atoms with Crippen molar-refractivity contribution in [1.82, 2.24) is 4.90 Å². The summed E-state index contributed by atoms with van der Waals surface area (Å²) < 4.78 is 5.37. The highest BCUT2D eigenvalue weighted by Crippen LogP contribution is 2.26. The summed E-state index contributed by atoms with van der Waals surface area (Å²) in [5.74, 6) is 0.646. The van der Waals surface area contributed by atoms with Crippen LogP contribution in [0.25, 0.3) is 0 Å². The van der Waals surface area contributed by atoms with Crippen molar-refractivity contribution in [3.8, 4) is 0 Å². The smallest absolute Gasteiger partial charge is 0.410 e. The maximum Gasteiger partial charge on any atom is 0.410 e. The third kappa shape index (κ3) is 3.40. The van der Waals surface area contributed by atoms with E-state index in [1.165, 1.54) is 0 Å². The van der Waals surface area contributed by atoms with Crippen molar-refractivity contribution in [2.45, 2.75) is 59.1 Å². The van der Waals surface area contributed by atoms with Crippen molar-refractivity contribution < 1.29 is 9.53 Å². The fraction of sp³-hybridized carbons (Fsp3) is 0.917. The Labute approximate surface area is 92.8 Å². The second kappa shape index (κ2) is 4.42. The van der Waals surface area contributed by atoms with Gasteiger partial charge in [-0.2, -0.15) is 0 Å². The van der Waals surface area contributed by atoms with Gasteiger partial charge in [0.1, 0.15) is 5.60 Å². The highest BCUT2D eigenvalue weighted by atomic mass is 16.6. The lowest BCUT2D eigenvalue weighted by Gasteiger charge is -2.27. The molecule has 0 aliphatic carbocycles. The maximum atomic E-state index is 11.8. The summed E-state index contributed by atoms with van der Waals surface area (Å²) in [7, 11) is 0. The summed E-state index contributed by atoms with van der Waals surface area (Å²) in [6, 6.07) is 0.324. The molecule has 2 atom stereocenters. The second-order valence-corrected chi connectivity index (χ2v) is 5.49. The van der Waals surface area contributed by atoms with Gasteiger partial charge >= 0.3 is 6.09 Å². The van der Waals surface area contributed by atoms with Gasteiger partial charge in [-0.05, 0) is 40.0 Å². The third-order valence-electron chi connectivity index (χ3n) is 2.87. The average Bonchev–Trinajstić information content (AvgIpc) is 2.43. The third-order valence-corrected chi connectivity index (χ3v) is 2.87. The van der Waals surface area contributed by atoms with Gasteiger partial charge in [0.2, 0.25) is 0 Å². The fourth-order valence-corrected chi connectivity index (χ4v) is 2.01. The molecule has 0 aromatic heterocycles. The van der Waals surface area contributed by atoms with E-state index in [0.717, 1.165) is 19.4 Å². The van der Waals surface area contributed by atoms with E-state index in [4.69, 9.17) is 4.74 Å². The molecule has 1 fully saturated rings. The van der Waals surface area contributed by atoms with Crippen LogP contribution >= 0.6 is 0 Å². The zero-order chi connectivity index (χ0) is 11.6. The van der Waals surface area contributed by atoms with Gasteiger partial charge < -0.3 is 9.64 Å². The topological polar surface area (TPSA) is 29.5 Å². The van der Waals surface area contributed by atoms with Crippen LogP contribution in [0.15, 0.2) is 0 Å². The van der Waals surface area contributed by atoms with Gasteiger partial charge in [0.25, 0.3) is 0 Å². The quantitative estimate of drug-likeness (QED) is 0.670. The van der Waals surface area contributed by atoms with E-state index in [1.807, 2.05) is 25.7 Å². The minimum atomic E-state index is -0.388. The first kappa shape index (κ1) is 12.3. The number of amides is 1. The van der Waals surface area contributed by atoms with Gasteiger partial charge in [-0.15, -0.1) is 0 Å². The van der Waals surface area contributed by atoms with Crippen LogP contribution < -0.4 is 0 Å². The van der Waals surface area contributed by atoms with Crippen LogP contribution in [-0.4, -0.2) is 29.2 Å². The lowest BCUT2D eigenvalue weighted by atomic mass is 10.0. The van der Waals surface area contributed by atoms with Gasteiger partial charge in [0, 0.05) is 12.6 Å². The van der Waals surface area contributed by atoms with Crippen molar-refractivity contribution >= 4 is 6.09 Å². The predicted octanol–water partition coefficient (Wildman–Crippen LogP) is 3.04. The van der Waals surface area contributed by atoms with Gasteiger partial charge in [-0.25, -0.2) is 4.79 Å². The molecule has 0 spiro atoms. The van der Waals surface area contributed by atoms with E-state index in [2.05, 4.69) is 13.8 Å². The lowest BCUT2D eigenvalue weighted by Crippen LogP contribution is -2.38. The summed E-state index contributed by atoms with van der Waals surface area (Å²) in [6.07, 6.45) is 2.09. The van der Waals surface area contributed by atoms with Gasteiger partial charge in [0.15, 0.2) is 0 Å².